The predicted octanol–water partition coefficient (Wildman–Crippen LogP) is 2.24. The summed E-state index contributed by atoms with van der Waals surface area (Å²) in [5.41, 5.74) is 6.05. The monoisotopic (exact) mass is 420 g/mol. The van der Waals surface area contributed by atoms with E-state index >= 15 is 0 Å². The molecule has 2 aliphatic heterocycles. The first-order valence-corrected chi connectivity index (χ1v) is 10.9. The average molecular weight is 421 g/mol. The maximum Gasteiger partial charge on any atom is 0.154 e. The average Bonchev–Trinajstić information content (AvgIpc) is 2.83. The molecule has 0 amide bonds. The molecule has 0 radical (unpaired) electrons. The molecule has 1 atom stereocenters. The Balaban J connectivity index is 1.44. The maximum absolute atomic E-state index is 5.81. The largest absolute Gasteiger partial charge is 0.378 e. The predicted molar refractivity (Wildman–Crippen MR) is 122 cm³/mol. The smallest absolute Gasteiger partial charge is 0.154 e. The van der Waals surface area contributed by atoms with Gasteiger partial charge in [0.2, 0.25) is 0 Å². The second kappa shape index (κ2) is 9.13. The fraction of sp³-hybridized carbons (Fsp3) is 0.435. The first kappa shape index (κ1) is 20.1. The SMILES string of the molecule is Cc1cc(-c2cc3nccnc3c(NCC3CNCCO3)n2)ccc1N1CCOCC1. The van der Waals surface area contributed by atoms with E-state index in [2.05, 4.69) is 50.6 Å². The molecule has 162 valence electrons. The number of hydrogen-bond acceptors (Lipinski definition) is 8. The number of nitrogens with zero attached hydrogens (tertiary/aromatic N) is 4. The second-order valence-corrected chi connectivity index (χ2v) is 7.96. The summed E-state index contributed by atoms with van der Waals surface area (Å²) in [6, 6.07) is 8.54. The third-order valence-corrected chi connectivity index (χ3v) is 5.80. The highest BCUT2D eigenvalue weighted by atomic mass is 16.5. The minimum Gasteiger partial charge on any atom is -0.378 e. The summed E-state index contributed by atoms with van der Waals surface area (Å²) < 4.78 is 11.3. The van der Waals surface area contributed by atoms with Crippen LogP contribution >= 0.6 is 0 Å². The van der Waals surface area contributed by atoms with Crippen molar-refractivity contribution in [1.82, 2.24) is 20.3 Å². The van der Waals surface area contributed by atoms with Crippen molar-refractivity contribution in [2.24, 2.45) is 0 Å². The molecule has 2 aromatic heterocycles. The number of nitrogens with one attached hydrogen (secondary N) is 2. The molecule has 2 saturated heterocycles. The highest BCUT2D eigenvalue weighted by molar-refractivity contribution is 5.88. The lowest BCUT2D eigenvalue weighted by molar-refractivity contribution is 0.0372. The summed E-state index contributed by atoms with van der Waals surface area (Å²) in [6.45, 7) is 8.70. The zero-order valence-corrected chi connectivity index (χ0v) is 17.8. The van der Waals surface area contributed by atoms with Crippen LogP contribution in [-0.4, -0.2) is 73.6 Å². The highest BCUT2D eigenvalue weighted by Crippen LogP contribution is 2.30. The molecule has 0 bridgehead atoms. The van der Waals surface area contributed by atoms with E-state index in [0.29, 0.717) is 6.54 Å². The molecule has 5 rings (SSSR count). The van der Waals surface area contributed by atoms with E-state index in [1.54, 1.807) is 12.4 Å². The summed E-state index contributed by atoms with van der Waals surface area (Å²) in [4.78, 5) is 16.3. The summed E-state index contributed by atoms with van der Waals surface area (Å²) in [6.07, 6.45) is 3.53. The molecule has 8 heteroatoms. The quantitative estimate of drug-likeness (QED) is 0.650. The molecule has 2 aliphatic rings. The number of rotatable bonds is 5. The third kappa shape index (κ3) is 4.46. The fourth-order valence-electron chi connectivity index (χ4n) is 4.18. The number of ether oxygens (including phenoxy) is 2. The van der Waals surface area contributed by atoms with Gasteiger partial charge in [-0.15, -0.1) is 0 Å². The Kier molecular flexibility index (Phi) is 5.93. The number of morpholine rings is 2. The topological polar surface area (TPSA) is 84.4 Å². The van der Waals surface area contributed by atoms with E-state index < -0.39 is 0 Å². The minimum absolute atomic E-state index is 0.112. The summed E-state index contributed by atoms with van der Waals surface area (Å²) in [5.74, 6) is 0.740. The number of anilines is 2. The first-order valence-electron chi connectivity index (χ1n) is 10.9. The fourth-order valence-corrected chi connectivity index (χ4v) is 4.18. The number of aromatic nitrogens is 3. The molecule has 3 aromatic rings. The van der Waals surface area contributed by atoms with Gasteiger partial charge in [-0.25, -0.2) is 9.97 Å². The van der Waals surface area contributed by atoms with Crippen molar-refractivity contribution in [3.8, 4) is 11.3 Å². The van der Waals surface area contributed by atoms with Gasteiger partial charge in [0.25, 0.3) is 0 Å². The first-order chi connectivity index (χ1) is 15.3. The van der Waals surface area contributed by atoms with Crippen LogP contribution < -0.4 is 15.5 Å². The Labute approximate surface area is 182 Å². The van der Waals surface area contributed by atoms with Crippen LogP contribution in [-0.2, 0) is 9.47 Å². The molecule has 2 N–H and O–H groups in total. The molecular weight excluding hydrogens is 392 g/mol. The Morgan fingerprint density at radius 2 is 2.00 bits per heavy atom. The van der Waals surface area contributed by atoms with Gasteiger partial charge in [0, 0.05) is 56.4 Å². The molecule has 8 nitrogen and oxygen atoms in total. The van der Waals surface area contributed by atoms with Crippen molar-refractivity contribution in [1.29, 1.82) is 0 Å². The van der Waals surface area contributed by atoms with Crippen LogP contribution in [0.3, 0.4) is 0 Å². The zero-order chi connectivity index (χ0) is 21.0. The van der Waals surface area contributed by atoms with Crippen molar-refractivity contribution < 1.29 is 9.47 Å². The minimum atomic E-state index is 0.112. The summed E-state index contributed by atoms with van der Waals surface area (Å²) in [5, 5.41) is 6.80. The molecule has 0 saturated carbocycles. The van der Waals surface area contributed by atoms with Gasteiger partial charge in [0.05, 0.1) is 37.1 Å². The van der Waals surface area contributed by atoms with Crippen LogP contribution in [0.2, 0.25) is 0 Å². The molecule has 0 spiro atoms. The van der Waals surface area contributed by atoms with Gasteiger partial charge in [0.15, 0.2) is 5.82 Å². The van der Waals surface area contributed by atoms with E-state index in [-0.39, 0.29) is 6.10 Å². The normalized spacial score (nSPS) is 19.5. The molecule has 1 aromatic carbocycles. The van der Waals surface area contributed by atoms with Crippen molar-refractivity contribution in [2.45, 2.75) is 13.0 Å². The summed E-state index contributed by atoms with van der Waals surface area (Å²) >= 11 is 0. The molecule has 1 unspecified atom stereocenters. The van der Waals surface area contributed by atoms with E-state index in [4.69, 9.17) is 14.5 Å². The van der Waals surface area contributed by atoms with E-state index in [0.717, 1.165) is 74.1 Å². The third-order valence-electron chi connectivity index (χ3n) is 5.80. The molecular formula is C23H28N6O2. The van der Waals surface area contributed by atoms with Crippen LogP contribution in [0.25, 0.3) is 22.3 Å². The van der Waals surface area contributed by atoms with E-state index in [1.807, 2.05) is 6.07 Å². The van der Waals surface area contributed by atoms with Gasteiger partial charge in [-0.2, -0.15) is 0 Å². The Morgan fingerprint density at radius 3 is 2.81 bits per heavy atom. The van der Waals surface area contributed by atoms with Gasteiger partial charge < -0.3 is 25.0 Å². The lowest BCUT2D eigenvalue weighted by atomic mass is 10.0. The standard InChI is InChI=1S/C23H28N6O2/c1-16-12-17(2-3-21(16)29-7-10-30-11-8-29)19-13-20-22(26-5-4-25-20)23(28-19)27-15-18-14-24-6-9-31-18/h2-5,12-13,18,24H,6-11,14-15H2,1H3,(H,27,28). The van der Waals surface area contributed by atoms with Crippen molar-refractivity contribution in [3.63, 3.8) is 0 Å². The zero-order valence-electron chi connectivity index (χ0n) is 17.8. The number of pyridine rings is 1. The maximum atomic E-state index is 5.81. The number of fused-ring (bicyclic) bond motifs is 1. The van der Waals surface area contributed by atoms with Crippen molar-refractivity contribution >= 4 is 22.5 Å². The molecule has 2 fully saturated rings. The van der Waals surface area contributed by atoms with E-state index in [1.165, 1.54) is 11.3 Å². The number of aryl methyl sites for hydroxylation is 1. The molecule has 0 aliphatic carbocycles. The lowest BCUT2D eigenvalue weighted by Crippen LogP contribution is -2.42. The Hall–Kier alpha value is -2.81. The molecule has 4 heterocycles. The van der Waals surface area contributed by atoms with Crippen LogP contribution in [0.4, 0.5) is 11.5 Å². The Bertz CT molecular complexity index is 1050. The van der Waals surface area contributed by atoms with Gasteiger partial charge in [-0.3, -0.25) is 4.98 Å². The van der Waals surface area contributed by atoms with Gasteiger partial charge in [-0.05, 0) is 30.7 Å². The van der Waals surface area contributed by atoms with Crippen LogP contribution in [0.1, 0.15) is 5.56 Å². The van der Waals surface area contributed by atoms with Crippen LogP contribution in [0.5, 0.6) is 0 Å². The highest BCUT2D eigenvalue weighted by Gasteiger charge is 2.17. The van der Waals surface area contributed by atoms with Crippen molar-refractivity contribution in [2.75, 3.05) is 62.8 Å². The number of benzene rings is 1. The second-order valence-electron chi connectivity index (χ2n) is 7.96. The van der Waals surface area contributed by atoms with E-state index in [9.17, 15) is 0 Å². The van der Waals surface area contributed by atoms with Crippen LogP contribution in [0.15, 0.2) is 36.7 Å². The Morgan fingerprint density at radius 1 is 1.13 bits per heavy atom. The molecule has 31 heavy (non-hydrogen) atoms. The number of hydrogen-bond donors (Lipinski definition) is 2. The summed E-state index contributed by atoms with van der Waals surface area (Å²) in [7, 11) is 0. The van der Waals surface area contributed by atoms with Gasteiger partial charge >= 0.3 is 0 Å². The van der Waals surface area contributed by atoms with Crippen LogP contribution in [0, 0.1) is 6.92 Å². The van der Waals surface area contributed by atoms with Gasteiger partial charge in [-0.1, -0.05) is 6.07 Å². The van der Waals surface area contributed by atoms with Crippen molar-refractivity contribution in [3.05, 3.63) is 42.2 Å². The lowest BCUT2D eigenvalue weighted by Gasteiger charge is -2.30. The van der Waals surface area contributed by atoms with Gasteiger partial charge in [0.1, 0.15) is 5.52 Å².